The topological polar surface area (TPSA) is 99.6 Å². The van der Waals surface area contributed by atoms with Gasteiger partial charge in [-0.15, -0.1) is 0 Å². The van der Waals surface area contributed by atoms with Crippen molar-refractivity contribution in [2.75, 3.05) is 13.2 Å². The van der Waals surface area contributed by atoms with E-state index in [9.17, 15) is 12.8 Å². The summed E-state index contributed by atoms with van der Waals surface area (Å²) in [6.45, 7) is 1.04. The van der Waals surface area contributed by atoms with Crippen LogP contribution in [0, 0.1) is 5.82 Å². The van der Waals surface area contributed by atoms with E-state index in [2.05, 4.69) is 14.7 Å². The van der Waals surface area contributed by atoms with Crippen molar-refractivity contribution in [3.63, 3.8) is 0 Å². The van der Waals surface area contributed by atoms with Gasteiger partial charge in [0, 0.05) is 18.5 Å². The van der Waals surface area contributed by atoms with Gasteiger partial charge in [0.15, 0.2) is 17.3 Å². The Kier molecular flexibility index (Phi) is 5.81. The van der Waals surface area contributed by atoms with Gasteiger partial charge in [0.1, 0.15) is 6.10 Å². The Morgan fingerprint density at radius 1 is 1.03 bits per heavy atom. The highest BCUT2D eigenvalue weighted by atomic mass is 32.2. The molecule has 29 heavy (non-hydrogen) atoms. The normalized spacial score (nSPS) is 22.0. The molecular formula is C19H22FN3O5S. The molecule has 8 nitrogen and oxygen atoms in total. The van der Waals surface area contributed by atoms with Crippen molar-refractivity contribution < 1.29 is 27.0 Å². The summed E-state index contributed by atoms with van der Waals surface area (Å²) in [5.41, 5.74) is 0. The first kappa shape index (κ1) is 19.8. The third kappa shape index (κ3) is 4.94. The molecule has 0 amide bonds. The van der Waals surface area contributed by atoms with Crippen LogP contribution in [-0.2, 0) is 10.0 Å². The molecule has 1 N–H and O–H groups in total. The number of aromatic nitrogens is 2. The molecule has 0 radical (unpaired) electrons. The van der Waals surface area contributed by atoms with Crippen LogP contribution >= 0.6 is 0 Å². The molecule has 156 valence electrons. The third-order valence-electron chi connectivity index (χ3n) is 4.89. The van der Waals surface area contributed by atoms with Gasteiger partial charge in [0.05, 0.1) is 30.5 Å². The Morgan fingerprint density at radius 2 is 1.72 bits per heavy atom. The first-order valence-corrected chi connectivity index (χ1v) is 11.0. The Balaban J connectivity index is 1.35. The minimum atomic E-state index is -3.68. The van der Waals surface area contributed by atoms with Crippen molar-refractivity contribution in [1.29, 1.82) is 0 Å². The van der Waals surface area contributed by atoms with Gasteiger partial charge in [-0.05, 0) is 37.8 Å². The predicted molar refractivity (Wildman–Crippen MR) is 101 cm³/mol. The van der Waals surface area contributed by atoms with E-state index in [1.165, 1.54) is 12.1 Å². The van der Waals surface area contributed by atoms with Crippen LogP contribution in [0.4, 0.5) is 4.39 Å². The van der Waals surface area contributed by atoms with E-state index >= 15 is 0 Å². The van der Waals surface area contributed by atoms with E-state index in [1.54, 1.807) is 6.07 Å². The van der Waals surface area contributed by atoms with Gasteiger partial charge in [-0.2, -0.15) is 0 Å². The van der Waals surface area contributed by atoms with Crippen LogP contribution in [0.15, 0.2) is 35.5 Å². The van der Waals surface area contributed by atoms with E-state index in [-0.39, 0.29) is 23.1 Å². The van der Waals surface area contributed by atoms with Crippen LogP contribution in [-0.4, -0.2) is 43.7 Å². The average molecular weight is 423 g/mol. The molecule has 0 saturated heterocycles. The molecule has 0 bridgehead atoms. The van der Waals surface area contributed by atoms with Gasteiger partial charge < -0.3 is 14.2 Å². The van der Waals surface area contributed by atoms with E-state index < -0.39 is 15.8 Å². The highest BCUT2D eigenvalue weighted by molar-refractivity contribution is 7.89. The SMILES string of the molecule is O=S(=O)(NC1CCC(Oc2ncc(F)cn2)CC1)c1ccc2c(c1)OCCCO2. The molecule has 0 unspecified atom stereocenters. The lowest BCUT2D eigenvalue weighted by atomic mass is 9.94. The second kappa shape index (κ2) is 8.50. The van der Waals surface area contributed by atoms with Gasteiger partial charge in [-0.1, -0.05) is 0 Å². The van der Waals surface area contributed by atoms with Crippen molar-refractivity contribution in [3.8, 4) is 17.5 Å². The number of halogens is 1. The molecule has 4 rings (SSSR count). The number of ether oxygens (including phenoxy) is 3. The standard InChI is InChI=1S/C19H22FN3O5S/c20-13-11-21-19(22-12-13)28-15-4-2-14(3-5-15)23-29(24,25)16-6-7-17-18(10-16)27-9-1-8-26-17/h6-7,10-12,14-15,23H,1-5,8-9H2. The van der Waals surface area contributed by atoms with Crippen LogP contribution in [0.25, 0.3) is 0 Å². The fourth-order valence-electron chi connectivity index (χ4n) is 3.41. The van der Waals surface area contributed by atoms with Crippen LogP contribution in [0.5, 0.6) is 17.5 Å². The van der Waals surface area contributed by atoms with Gasteiger partial charge in [0.2, 0.25) is 10.0 Å². The third-order valence-corrected chi connectivity index (χ3v) is 6.41. The van der Waals surface area contributed by atoms with Crippen molar-refractivity contribution in [2.24, 2.45) is 0 Å². The average Bonchev–Trinajstić information content (AvgIpc) is 2.96. The zero-order chi connectivity index (χ0) is 20.3. The second-order valence-corrected chi connectivity index (χ2v) is 8.77. The molecule has 2 aliphatic rings. The molecule has 0 atom stereocenters. The minimum Gasteiger partial charge on any atom is -0.490 e. The Bertz CT molecular complexity index is 947. The summed E-state index contributed by atoms with van der Waals surface area (Å²) >= 11 is 0. The van der Waals surface area contributed by atoms with E-state index in [4.69, 9.17) is 14.2 Å². The number of hydrogen-bond acceptors (Lipinski definition) is 7. The molecule has 1 aliphatic carbocycles. The largest absolute Gasteiger partial charge is 0.490 e. The second-order valence-electron chi connectivity index (χ2n) is 7.06. The maximum Gasteiger partial charge on any atom is 0.316 e. The quantitative estimate of drug-likeness (QED) is 0.788. The van der Waals surface area contributed by atoms with Gasteiger partial charge in [-0.3, -0.25) is 0 Å². The molecule has 1 aromatic carbocycles. The number of fused-ring (bicyclic) bond motifs is 1. The summed E-state index contributed by atoms with van der Waals surface area (Å²) < 4.78 is 58.0. The lowest BCUT2D eigenvalue weighted by Gasteiger charge is -2.28. The highest BCUT2D eigenvalue weighted by Crippen LogP contribution is 2.32. The monoisotopic (exact) mass is 423 g/mol. The smallest absolute Gasteiger partial charge is 0.316 e. The Labute approximate surface area is 168 Å². The molecule has 1 aromatic heterocycles. The van der Waals surface area contributed by atoms with Crippen molar-refractivity contribution >= 4 is 10.0 Å². The first-order chi connectivity index (χ1) is 14.0. The molecule has 10 heteroatoms. The van der Waals surface area contributed by atoms with Gasteiger partial charge >= 0.3 is 6.01 Å². The summed E-state index contributed by atoms with van der Waals surface area (Å²) in [7, 11) is -3.68. The van der Waals surface area contributed by atoms with Crippen LogP contribution in [0.1, 0.15) is 32.1 Å². The number of benzene rings is 1. The number of rotatable bonds is 5. The summed E-state index contributed by atoms with van der Waals surface area (Å²) in [5, 5.41) is 0. The van der Waals surface area contributed by atoms with Crippen LogP contribution < -0.4 is 18.9 Å². The lowest BCUT2D eigenvalue weighted by Crippen LogP contribution is -2.39. The number of nitrogens with one attached hydrogen (secondary N) is 1. The fraction of sp³-hybridized carbons (Fsp3) is 0.474. The molecule has 2 aromatic rings. The van der Waals surface area contributed by atoms with Crippen molar-refractivity contribution in [2.45, 2.75) is 49.1 Å². The Morgan fingerprint density at radius 3 is 2.45 bits per heavy atom. The highest BCUT2D eigenvalue weighted by Gasteiger charge is 2.28. The number of hydrogen-bond donors (Lipinski definition) is 1. The van der Waals surface area contributed by atoms with E-state index in [0.29, 0.717) is 50.4 Å². The molecule has 2 heterocycles. The summed E-state index contributed by atoms with van der Waals surface area (Å²) in [6, 6.07) is 4.59. The fourth-order valence-corrected chi connectivity index (χ4v) is 4.73. The number of nitrogens with zero attached hydrogens (tertiary/aromatic N) is 2. The Hall–Kier alpha value is -2.46. The predicted octanol–water partition coefficient (Wildman–Crippen LogP) is 2.45. The minimum absolute atomic E-state index is 0.126. The molecule has 1 aliphatic heterocycles. The summed E-state index contributed by atoms with van der Waals surface area (Å²) in [6.07, 6.45) is 5.27. The van der Waals surface area contributed by atoms with Crippen LogP contribution in [0.3, 0.4) is 0 Å². The maximum absolute atomic E-state index is 12.9. The molecule has 1 saturated carbocycles. The maximum atomic E-state index is 12.9. The van der Waals surface area contributed by atoms with Crippen LogP contribution in [0.2, 0.25) is 0 Å². The molecule has 1 fully saturated rings. The zero-order valence-electron chi connectivity index (χ0n) is 15.7. The first-order valence-electron chi connectivity index (χ1n) is 9.56. The van der Waals surface area contributed by atoms with E-state index in [1.807, 2.05) is 0 Å². The van der Waals surface area contributed by atoms with Gasteiger partial charge in [-0.25, -0.2) is 27.5 Å². The summed E-state index contributed by atoms with van der Waals surface area (Å²) in [4.78, 5) is 7.73. The van der Waals surface area contributed by atoms with Crippen molar-refractivity contribution in [1.82, 2.24) is 14.7 Å². The van der Waals surface area contributed by atoms with Gasteiger partial charge in [0.25, 0.3) is 0 Å². The summed E-state index contributed by atoms with van der Waals surface area (Å²) in [5.74, 6) is 0.481. The van der Waals surface area contributed by atoms with E-state index in [0.717, 1.165) is 18.8 Å². The number of sulfonamides is 1. The lowest BCUT2D eigenvalue weighted by molar-refractivity contribution is 0.132. The molecule has 0 spiro atoms. The zero-order valence-corrected chi connectivity index (χ0v) is 16.5. The molecular weight excluding hydrogens is 401 g/mol. The van der Waals surface area contributed by atoms with Crippen molar-refractivity contribution in [3.05, 3.63) is 36.4 Å².